The van der Waals surface area contributed by atoms with E-state index >= 15 is 0 Å². The van der Waals surface area contributed by atoms with E-state index < -0.39 is 0 Å². The van der Waals surface area contributed by atoms with Crippen molar-refractivity contribution >= 4 is 6.03 Å². The van der Waals surface area contributed by atoms with Crippen molar-refractivity contribution in [1.82, 2.24) is 10.2 Å². The fraction of sp³-hybridized carbons (Fsp3) is 0.909. The zero-order valence-corrected chi connectivity index (χ0v) is 8.96. The van der Waals surface area contributed by atoms with E-state index in [2.05, 4.69) is 12.2 Å². The predicted octanol–water partition coefficient (Wildman–Crippen LogP) is 1.84. The van der Waals surface area contributed by atoms with E-state index in [1.54, 1.807) is 0 Å². The predicted molar refractivity (Wildman–Crippen MR) is 56.1 cm³/mol. The first-order chi connectivity index (χ1) is 6.77. The summed E-state index contributed by atoms with van der Waals surface area (Å²) < 4.78 is 0. The number of rotatable bonds is 2. The lowest BCUT2D eigenvalue weighted by atomic mass is 10.1. The SMILES string of the molecule is CC1CC1CNC(=O)N1CCCCC1. The summed E-state index contributed by atoms with van der Waals surface area (Å²) in [7, 11) is 0. The standard InChI is InChI=1S/C11H20N2O/c1-9-7-10(9)8-12-11(14)13-5-3-2-4-6-13/h9-10H,2-8H2,1H3,(H,12,14). The molecule has 2 fully saturated rings. The normalized spacial score (nSPS) is 31.4. The van der Waals surface area contributed by atoms with Crippen LogP contribution in [0.4, 0.5) is 4.79 Å². The van der Waals surface area contributed by atoms with E-state index in [1.165, 1.54) is 25.7 Å². The highest BCUT2D eigenvalue weighted by molar-refractivity contribution is 5.74. The highest BCUT2D eigenvalue weighted by atomic mass is 16.2. The summed E-state index contributed by atoms with van der Waals surface area (Å²) in [6.07, 6.45) is 4.92. The van der Waals surface area contributed by atoms with E-state index in [0.717, 1.165) is 31.5 Å². The van der Waals surface area contributed by atoms with Crippen molar-refractivity contribution in [2.75, 3.05) is 19.6 Å². The van der Waals surface area contributed by atoms with E-state index in [9.17, 15) is 4.79 Å². The van der Waals surface area contributed by atoms with Crippen LogP contribution in [-0.2, 0) is 0 Å². The van der Waals surface area contributed by atoms with Gasteiger partial charge in [-0.05, 0) is 37.5 Å². The van der Waals surface area contributed by atoms with Gasteiger partial charge in [0.2, 0.25) is 0 Å². The highest BCUT2D eigenvalue weighted by Gasteiger charge is 2.32. The van der Waals surface area contributed by atoms with Crippen molar-refractivity contribution in [3.8, 4) is 0 Å². The first-order valence-electron chi connectivity index (χ1n) is 5.80. The van der Waals surface area contributed by atoms with Gasteiger partial charge in [-0.1, -0.05) is 6.92 Å². The zero-order chi connectivity index (χ0) is 9.97. The number of nitrogens with one attached hydrogen (secondary N) is 1. The molecule has 0 spiro atoms. The number of amides is 2. The van der Waals surface area contributed by atoms with Gasteiger partial charge in [0.1, 0.15) is 0 Å². The fourth-order valence-electron chi connectivity index (χ4n) is 2.11. The Morgan fingerprint density at radius 2 is 2.00 bits per heavy atom. The molecule has 3 nitrogen and oxygen atoms in total. The Morgan fingerprint density at radius 1 is 1.36 bits per heavy atom. The third-order valence-corrected chi connectivity index (χ3v) is 3.43. The van der Waals surface area contributed by atoms with Gasteiger partial charge in [0, 0.05) is 19.6 Å². The molecule has 3 heteroatoms. The second-order valence-electron chi connectivity index (χ2n) is 4.71. The molecule has 14 heavy (non-hydrogen) atoms. The summed E-state index contributed by atoms with van der Waals surface area (Å²) in [6.45, 7) is 5.03. The molecule has 0 aromatic carbocycles. The Labute approximate surface area is 85.8 Å². The van der Waals surface area contributed by atoms with Crippen molar-refractivity contribution in [3.05, 3.63) is 0 Å². The van der Waals surface area contributed by atoms with Gasteiger partial charge in [0.15, 0.2) is 0 Å². The number of urea groups is 1. The van der Waals surface area contributed by atoms with Crippen LogP contribution < -0.4 is 5.32 Å². The average molecular weight is 196 g/mol. The van der Waals surface area contributed by atoms with Crippen molar-refractivity contribution in [2.45, 2.75) is 32.6 Å². The highest BCUT2D eigenvalue weighted by Crippen LogP contribution is 2.36. The van der Waals surface area contributed by atoms with Crippen LogP contribution in [0.1, 0.15) is 32.6 Å². The van der Waals surface area contributed by atoms with Gasteiger partial charge in [0.05, 0.1) is 0 Å². The molecular weight excluding hydrogens is 176 g/mol. The van der Waals surface area contributed by atoms with Gasteiger partial charge in [-0.2, -0.15) is 0 Å². The molecule has 2 amide bonds. The quantitative estimate of drug-likeness (QED) is 0.718. The molecule has 2 unspecified atom stereocenters. The van der Waals surface area contributed by atoms with Crippen LogP contribution in [-0.4, -0.2) is 30.6 Å². The molecule has 1 heterocycles. The number of likely N-dealkylation sites (tertiary alicyclic amines) is 1. The minimum Gasteiger partial charge on any atom is -0.338 e. The molecule has 2 rings (SSSR count). The Hall–Kier alpha value is -0.730. The molecule has 0 bridgehead atoms. The first kappa shape index (κ1) is 9.81. The Morgan fingerprint density at radius 3 is 2.57 bits per heavy atom. The van der Waals surface area contributed by atoms with Gasteiger partial charge in [-0.25, -0.2) is 4.79 Å². The molecule has 0 radical (unpaired) electrons. The average Bonchev–Trinajstić information content (AvgIpc) is 2.92. The summed E-state index contributed by atoms with van der Waals surface area (Å²) in [5.41, 5.74) is 0. The largest absolute Gasteiger partial charge is 0.338 e. The molecule has 1 N–H and O–H groups in total. The van der Waals surface area contributed by atoms with Crippen LogP contribution in [0.15, 0.2) is 0 Å². The van der Waals surface area contributed by atoms with Gasteiger partial charge in [-0.15, -0.1) is 0 Å². The minimum absolute atomic E-state index is 0.156. The Kier molecular flexibility index (Phi) is 2.94. The zero-order valence-electron chi connectivity index (χ0n) is 8.96. The lowest BCUT2D eigenvalue weighted by Gasteiger charge is -2.26. The van der Waals surface area contributed by atoms with Crippen LogP contribution in [0.5, 0.6) is 0 Å². The smallest absolute Gasteiger partial charge is 0.317 e. The third kappa shape index (κ3) is 2.40. The van der Waals surface area contributed by atoms with E-state index in [4.69, 9.17) is 0 Å². The summed E-state index contributed by atoms with van der Waals surface area (Å²) in [5, 5.41) is 3.03. The summed E-state index contributed by atoms with van der Waals surface area (Å²) in [6, 6.07) is 0.156. The van der Waals surface area contributed by atoms with Gasteiger partial charge in [0.25, 0.3) is 0 Å². The Balaban J connectivity index is 1.66. The van der Waals surface area contributed by atoms with Crippen molar-refractivity contribution in [3.63, 3.8) is 0 Å². The summed E-state index contributed by atoms with van der Waals surface area (Å²) >= 11 is 0. The van der Waals surface area contributed by atoms with Gasteiger partial charge >= 0.3 is 6.03 Å². The number of hydrogen-bond acceptors (Lipinski definition) is 1. The molecule has 0 aromatic heterocycles. The minimum atomic E-state index is 0.156. The van der Waals surface area contributed by atoms with Gasteiger partial charge in [-0.3, -0.25) is 0 Å². The first-order valence-corrected chi connectivity index (χ1v) is 5.80. The molecule has 0 aromatic rings. The van der Waals surface area contributed by atoms with Gasteiger partial charge < -0.3 is 10.2 Å². The van der Waals surface area contributed by atoms with Crippen LogP contribution in [0.2, 0.25) is 0 Å². The van der Waals surface area contributed by atoms with E-state index in [0.29, 0.717) is 0 Å². The number of hydrogen-bond donors (Lipinski definition) is 1. The second kappa shape index (κ2) is 4.20. The molecule has 1 saturated carbocycles. The fourth-order valence-corrected chi connectivity index (χ4v) is 2.11. The molecule has 80 valence electrons. The molecule has 1 aliphatic carbocycles. The lowest BCUT2D eigenvalue weighted by molar-refractivity contribution is 0.186. The second-order valence-corrected chi connectivity index (χ2v) is 4.71. The molecule has 2 aliphatic rings. The van der Waals surface area contributed by atoms with Crippen LogP contribution in [0.3, 0.4) is 0 Å². The number of nitrogens with zero attached hydrogens (tertiary/aromatic N) is 1. The monoisotopic (exact) mass is 196 g/mol. The number of carbonyl (C=O) groups is 1. The summed E-state index contributed by atoms with van der Waals surface area (Å²) in [5.74, 6) is 1.58. The number of piperidine rings is 1. The van der Waals surface area contributed by atoms with Crippen LogP contribution in [0.25, 0.3) is 0 Å². The maximum Gasteiger partial charge on any atom is 0.317 e. The van der Waals surface area contributed by atoms with E-state index in [-0.39, 0.29) is 6.03 Å². The van der Waals surface area contributed by atoms with Crippen LogP contribution >= 0.6 is 0 Å². The Bertz CT molecular complexity index is 211. The van der Waals surface area contributed by atoms with Crippen LogP contribution in [0, 0.1) is 11.8 Å². The summed E-state index contributed by atoms with van der Waals surface area (Å²) in [4.78, 5) is 13.6. The third-order valence-electron chi connectivity index (χ3n) is 3.43. The van der Waals surface area contributed by atoms with Crippen molar-refractivity contribution in [2.24, 2.45) is 11.8 Å². The molecule has 2 atom stereocenters. The maximum absolute atomic E-state index is 11.7. The van der Waals surface area contributed by atoms with Crippen molar-refractivity contribution in [1.29, 1.82) is 0 Å². The maximum atomic E-state index is 11.7. The van der Waals surface area contributed by atoms with Crippen molar-refractivity contribution < 1.29 is 4.79 Å². The molecular formula is C11H20N2O. The van der Waals surface area contributed by atoms with E-state index in [1.807, 2.05) is 4.90 Å². The topological polar surface area (TPSA) is 32.3 Å². The molecule has 1 aliphatic heterocycles. The molecule has 1 saturated heterocycles. The number of carbonyl (C=O) groups excluding carboxylic acids is 1. The lowest BCUT2D eigenvalue weighted by Crippen LogP contribution is -2.43.